The Bertz CT molecular complexity index is 770. The molecule has 4 nitrogen and oxygen atoms in total. The van der Waals surface area contributed by atoms with Crippen molar-refractivity contribution in [2.24, 2.45) is 7.05 Å². The molecule has 4 heteroatoms. The lowest BCUT2D eigenvalue weighted by Crippen LogP contribution is -2.05. The number of rotatable bonds is 1. The largest absolute Gasteiger partial charge is 0.421 e. The van der Waals surface area contributed by atoms with Crippen LogP contribution in [-0.4, -0.2) is 9.78 Å². The number of aryl methyl sites for hydroxylation is 2. The Kier molecular flexibility index (Phi) is 2.30. The zero-order chi connectivity index (χ0) is 12.7. The van der Waals surface area contributed by atoms with Crippen LogP contribution >= 0.6 is 0 Å². The van der Waals surface area contributed by atoms with E-state index in [-0.39, 0.29) is 5.63 Å². The van der Waals surface area contributed by atoms with Crippen LogP contribution in [0.25, 0.3) is 22.2 Å². The van der Waals surface area contributed by atoms with Gasteiger partial charge in [-0.3, -0.25) is 4.68 Å². The van der Waals surface area contributed by atoms with E-state index in [0.717, 1.165) is 16.6 Å². The summed E-state index contributed by atoms with van der Waals surface area (Å²) in [5.41, 5.74) is 1.87. The van der Waals surface area contributed by atoms with E-state index in [9.17, 15) is 4.79 Å². The van der Waals surface area contributed by atoms with Crippen LogP contribution in [0.3, 0.4) is 0 Å². The Morgan fingerprint density at radius 1 is 1.22 bits per heavy atom. The first-order valence-electron chi connectivity index (χ1n) is 5.69. The molecule has 2 heterocycles. The Labute approximate surface area is 103 Å². The summed E-state index contributed by atoms with van der Waals surface area (Å²) in [6.07, 6.45) is 0. The van der Waals surface area contributed by atoms with Crippen LogP contribution in [0, 0.1) is 6.92 Å². The molecule has 0 radical (unpaired) electrons. The highest BCUT2D eigenvalue weighted by molar-refractivity contribution is 5.83. The average Bonchev–Trinajstić information content (AvgIpc) is 2.66. The SMILES string of the molecule is Cc1nn(C)c2c(=O)oc(-c3ccccc3)cc12. The van der Waals surface area contributed by atoms with E-state index in [0.29, 0.717) is 11.3 Å². The second kappa shape index (κ2) is 3.84. The minimum atomic E-state index is -0.352. The van der Waals surface area contributed by atoms with Gasteiger partial charge in [-0.2, -0.15) is 5.10 Å². The Balaban J connectivity index is 2.35. The summed E-state index contributed by atoms with van der Waals surface area (Å²) in [5, 5.41) is 5.08. The van der Waals surface area contributed by atoms with Crippen molar-refractivity contribution in [2.45, 2.75) is 6.92 Å². The summed E-state index contributed by atoms with van der Waals surface area (Å²) < 4.78 is 6.92. The zero-order valence-electron chi connectivity index (χ0n) is 10.2. The van der Waals surface area contributed by atoms with Gasteiger partial charge >= 0.3 is 5.63 Å². The molecule has 3 aromatic rings. The molecule has 0 fully saturated rings. The van der Waals surface area contributed by atoms with Crippen molar-refractivity contribution in [3.05, 3.63) is 52.5 Å². The van der Waals surface area contributed by atoms with E-state index < -0.39 is 0 Å². The van der Waals surface area contributed by atoms with Gasteiger partial charge in [-0.1, -0.05) is 30.3 Å². The van der Waals surface area contributed by atoms with E-state index in [1.807, 2.05) is 43.3 Å². The zero-order valence-corrected chi connectivity index (χ0v) is 10.2. The molecule has 0 aliphatic heterocycles. The monoisotopic (exact) mass is 240 g/mol. The van der Waals surface area contributed by atoms with Crippen LogP contribution in [0.15, 0.2) is 45.6 Å². The molecule has 0 aliphatic carbocycles. The molecule has 3 rings (SSSR count). The molecule has 0 amide bonds. The van der Waals surface area contributed by atoms with E-state index in [1.54, 1.807) is 11.7 Å². The standard InChI is InChI=1S/C14H12N2O2/c1-9-11-8-12(10-6-4-3-5-7-10)18-14(17)13(11)16(2)15-9/h3-8H,1-2H3. The second-order valence-corrected chi connectivity index (χ2v) is 4.24. The molecule has 0 spiro atoms. The molecule has 0 saturated heterocycles. The van der Waals surface area contributed by atoms with Gasteiger partial charge in [0.25, 0.3) is 0 Å². The number of hydrogen-bond donors (Lipinski definition) is 0. The maximum Gasteiger partial charge on any atom is 0.362 e. The molecule has 18 heavy (non-hydrogen) atoms. The number of fused-ring (bicyclic) bond motifs is 1. The summed E-state index contributed by atoms with van der Waals surface area (Å²) in [4.78, 5) is 12.0. The highest BCUT2D eigenvalue weighted by Gasteiger charge is 2.12. The minimum absolute atomic E-state index is 0.352. The fraction of sp³-hybridized carbons (Fsp3) is 0.143. The quantitative estimate of drug-likeness (QED) is 0.656. The minimum Gasteiger partial charge on any atom is -0.421 e. The first kappa shape index (κ1) is 10.8. The van der Waals surface area contributed by atoms with Crippen molar-refractivity contribution in [1.82, 2.24) is 9.78 Å². The van der Waals surface area contributed by atoms with Gasteiger partial charge in [-0.25, -0.2) is 4.79 Å². The topological polar surface area (TPSA) is 48.0 Å². The Hall–Kier alpha value is -2.36. The van der Waals surface area contributed by atoms with Crippen molar-refractivity contribution in [2.75, 3.05) is 0 Å². The maximum atomic E-state index is 12.0. The second-order valence-electron chi connectivity index (χ2n) is 4.24. The summed E-state index contributed by atoms with van der Waals surface area (Å²) in [6.45, 7) is 1.89. The third-order valence-corrected chi connectivity index (χ3v) is 3.00. The van der Waals surface area contributed by atoms with Gasteiger partial charge in [0.05, 0.1) is 5.69 Å². The maximum absolute atomic E-state index is 12.0. The molecule has 2 aromatic heterocycles. The molecule has 0 aliphatic rings. The lowest BCUT2D eigenvalue weighted by molar-refractivity contribution is 0.529. The van der Waals surface area contributed by atoms with Gasteiger partial charge < -0.3 is 4.42 Å². The van der Waals surface area contributed by atoms with Gasteiger partial charge in [0.1, 0.15) is 5.76 Å². The highest BCUT2D eigenvalue weighted by atomic mass is 16.4. The van der Waals surface area contributed by atoms with Crippen LogP contribution in [0.2, 0.25) is 0 Å². The van der Waals surface area contributed by atoms with Gasteiger partial charge in [0.2, 0.25) is 0 Å². The first-order valence-corrected chi connectivity index (χ1v) is 5.69. The van der Waals surface area contributed by atoms with Crippen molar-refractivity contribution in [3.8, 4) is 11.3 Å². The van der Waals surface area contributed by atoms with Gasteiger partial charge in [0, 0.05) is 18.0 Å². The summed E-state index contributed by atoms with van der Waals surface area (Å²) in [7, 11) is 1.74. The predicted molar refractivity (Wildman–Crippen MR) is 69.4 cm³/mol. The summed E-state index contributed by atoms with van der Waals surface area (Å²) >= 11 is 0. The van der Waals surface area contributed by atoms with E-state index in [1.165, 1.54) is 0 Å². The van der Waals surface area contributed by atoms with Crippen LogP contribution in [0.4, 0.5) is 0 Å². The normalized spacial score (nSPS) is 11.0. The molecule has 0 bridgehead atoms. The predicted octanol–water partition coefficient (Wildman–Crippen LogP) is 2.50. The van der Waals surface area contributed by atoms with Crippen LogP contribution in [-0.2, 0) is 7.05 Å². The van der Waals surface area contributed by atoms with E-state index in [4.69, 9.17) is 4.42 Å². The molecular formula is C14H12N2O2. The fourth-order valence-electron chi connectivity index (χ4n) is 2.14. The Morgan fingerprint density at radius 2 is 1.94 bits per heavy atom. The number of nitrogens with zero attached hydrogens (tertiary/aromatic N) is 2. The summed E-state index contributed by atoms with van der Waals surface area (Å²) in [5.74, 6) is 0.573. The molecule has 0 N–H and O–H groups in total. The molecule has 90 valence electrons. The van der Waals surface area contributed by atoms with Gasteiger partial charge in [0.15, 0.2) is 5.52 Å². The lowest BCUT2D eigenvalue weighted by Gasteiger charge is -2.00. The van der Waals surface area contributed by atoms with Crippen LogP contribution in [0.5, 0.6) is 0 Å². The van der Waals surface area contributed by atoms with Gasteiger partial charge in [-0.05, 0) is 13.0 Å². The first-order chi connectivity index (χ1) is 8.66. The van der Waals surface area contributed by atoms with Crippen LogP contribution < -0.4 is 5.63 Å². The lowest BCUT2D eigenvalue weighted by atomic mass is 10.1. The highest BCUT2D eigenvalue weighted by Crippen LogP contribution is 2.23. The molecule has 1 aromatic carbocycles. The van der Waals surface area contributed by atoms with E-state index >= 15 is 0 Å². The average molecular weight is 240 g/mol. The van der Waals surface area contributed by atoms with E-state index in [2.05, 4.69) is 5.10 Å². The third-order valence-electron chi connectivity index (χ3n) is 3.00. The van der Waals surface area contributed by atoms with Crippen LogP contribution in [0.1, 0.15) is 5.69 Å². The number of hydrogen-bond acceptors (Lipinski definition) is 3. The van der Waals surface area contributed by atoms with Crippen molar-refractivity contribution in [3.63, 3.8) is 0 Å². The number of benzene rings is 1. The number of aromatic nitrogens is 2. The molecule has 0 unspecified atom stereocenters. The van der Waals surface area contributed by atoms with Crippen molar-refractivity contribution in [1.29, 1.82) is 0 Å². The van der Waals surface area contributed by atoms with Gasteiger partial charge in [-0.15, -0.1) is 0 Å². The van der Waals surface area contributed by atoms with Crippen molar-refractivity contribution < 1.29 is 4.42 Å². The summed E-state index contributed by atoms with van der Waals surface area (Å²) in [6, 6.07) is 11.4. The van der Waals surface area contributed by atoms with Crippen molar-refractivity contribution >= 4 is 10.9 Å². The molecular weight excluding hydrogens is 228 g/mol. The third kappa shape index (κ3) is 1.54. The fourth-order valence-corrected chi connectivity index (χ4v) is 2.14. The Morgan fingerprint density at radius 3 is 2.67 bits per heavy atom. The smallest absolute Gasteiger partial charge is 0.362 e. The molecule has 0 atom stereocenters. The molecule has 0 saturated carbocycles.